The van der Waals surface area contributed by atoms with Crippen molar-refractivity contribution in [2.24, 2.45) is 5.34 Å². The Bertz CT molecular complexity index is 222. The van der Waals surface area contributed by atoms with Crippen molar-refractivity contribution < 1.29 is 5.32 Å². The molecule has 0 atom stereocenters. The largest absolute Gasteiger partial charge is 0.444 e. The number of quaternary nitrogens is 1. The lowest BCUT2D eigenvalue weighted by atomic mass is 9.77. The van der Waals surface area contributed by atoms with Gasteiger partial charge in [0, 0.05) is 25.7 Å². The summed E-state index contributed by atoms with van der Waals surface area (Å²) in [5, 5.41) is 11.8. The summed E-state index contributed by atoms with van der Waals surface area (Å²) in [7, 11) is 0. The van der Waals surface area contributed by atoms with Gasteiger partial charge in [0.1, 0.15) is 0 Å². The van der Waals surface area contributed by atoms with Crippen LogP contribution in [0.15, 0.2) is 5.34 Å². The molecule has 0 amide bonds. The molecular weight excluding hydrogens is 228 g/mol. The van der Waals surface area contributed by atoms with E-state index in [1.54, 1.807) is 0 Å². The Hall–Kier alpha value is -0.640. The van der Waals surface area contributed by atoms with Gasteiger partial charge in [-0.2, -0.15) is 0 Å². The van der Waals surface area contributed by atoms with E-state index in [9.17, 15) is 0 Å². The maximum absolute atomic E-state index is 8.00. The van der Waals surface area contributed by atoms with Crippen molar-refractivity contribution in [3.63, 3.8) is 0 Å². The van der Waals surface area contributed by atoms with Crippen molar-refractivity contribution >= 4 is 0 Å². The molecule has 4 heteroatoms. The van der Waals surface area contributed by atoms with E-state index in [1.165, 1.54) is 64.2 Å². The van der Waals surface area contributed by atoms with Gasteiger partial charge in [-0.15, -0.1) is 5.34 Å². The summed E-state index contributed by atoms with van der Waals surface area (Å²) in [5.41, 5.74) is 1.15. The second-order valence-corrected chi connectivity index (χ2v) is 6.65. The van der Waals surface area contributed by atoms with Gasteiger partial charge >= 0.3 is 0 Å². The first-order valence-corrected chi connectivity index (χ1v) is 7.36. The molecule has 0 bridgehead atoms. The zero-order valence-corrected chi connectivity index (χ0v) is 11.9. The Morgan fingerprint density at radius 2 is 1.11 bits per heavy atom. The van der Waals surface area contributed by atoms with Gasteiger partial charge in [0.25, 0.3) is 0 Å². The highest BCUT2D eigenvalue weighted by atomic mass is 16.6. The van der Waals surface area contributed by atoms with Crippen molar-refractivity contribution in [1.82, 2.24) is 0 Å². The monoisotopic (exact) mass is 256 g/mol. The van der Waals surface area contributed by atoms with E-state index >= 15 is 0 Å². The summed E-state index contributed by atoms with van der Waals surface area (Å²) < 4.78 is 0. The van der Waals surface area contributed by atoms with E-state index in [4.69, 9.17) is 10.1 Å². The van der Waals surface area contributed by atoms with Gasteiger partial charge in [-0.1, -0.05) is 12.8 Å². The van der Waals surface area contributed by atoms with Gasteiger partial charge in [0.15, 0.2) is 0 Å². The van der Waals surface area contributed by atoms with Crippen LogP contribution in [0.25, 0.3) is 0 Å². The van der Waals surface area contributed by atoms with Crippen molar-refractivity contribution in [2.75, 3.05) is 0 Å². The maximum atomic E-state index is 8.00. The van der Waals surface area contributed by atoms with E-state index in [0.29, 0.717) is 11.1 Å². The van der Waals surface area contributed by atoms with Gasteiger partial charge in [0.05, 0.1) is 11.1 Å². The number of rotatable bonds is 2. The summed E-state index contributed by atoms with van der Waals surface area (Å²) in [5.74, 6) is 0. The minimum absolute atomic E-state index is 0.574. The molecule has 0 aliphatic heterocycles. The molecule has 0 saturated heterocycles. The number of hydrogen-bond acceptors (Lipinski definition) is 3. The van der Waals surface area contributed by atoms with Crippen LogP contribution in [0.2, 0.25) is 0 Å². The highest BCUT2D eigenvalue weighted by Crippen LogP contribution is 2.29. The van der Waals surface area contributed by atoms with Crippen LogP contribution in [0, 0.1) is 10.1 Å². The predicted molar refractivity (Wildman–Crippen MR) is 74.1 cm³/mol. The molecule has 0 radical (unpaired) electrons. The van der Waals surface area contributed by atoms with Crippen LogP contribution in [0.4, 0.5) is 0 Å². The van der Waals surface area contributed by atoms with E-state index in [1.807, 2.05) is 0 Å². The number of nitrogens with zero attached hydrogens (tertiary/aromatic N) is 1. The van der Waals surface area contributed by atoms with Crippen LogP contribution in [-0.2, 0) is 0 Å². The summed E-state index contributed by atoms with van der Waals surface area (Å²) in [6, 6.07) is 0. The van der Waals surface area contributed by atoms with E-state index in [0.717, 1.165) is 5.34 Å². The molecule has 0 aromatic carbocycles. The molecule has 2 aliphatic carbocycles. The molecule has 18 heavy (non-hydrogen) atoms. The maximum Gasteiger partial charge on any atom is 0.0936 e. The highest BCUT2D eigenvalue weighted by Gasteiger charge is 2.39. The topological polar surface area (TPSA) is 69.1 Å². The van der Waals surface area contributed by atoms with Crippen LogP contribution in [0.3, 0.4) is 0 Å². The molecule has 2 saturated carbocycles. The Morgan fingerprint density at radius 3 is 1.39 bits per heavy atom. The zero-order chi connectivity index (χ0) is 13.5. The quantitative estimate of drug-likeness (QED) is 0.608. The fourth-order valence-corrected chi connectivity index (χ4v) is 3.85. The second kappa shape index (κ2) is 7.07. The van der Waals surface area contributed by atoms with Crippen molar-refractivity contribution in [1.29, 1.82) is 0 Å². The first-order chi connectivity index (χ1) is 8.54. The molecule has 0 unspecified atom stereocenters. The van der Waals surface area contributed by atoms with E-state index in [-0.39, 0.29) is 0 Å². The van der Waals surface area contributed by atoms with Gasteiger partial charge in [0.2, 0.25) is 0 Å². The number of hydrogen-bond donors (Lipinski definition) is 1. The first kappa shape index (κ1) is 15.4. The molecule has 2 fully saturated rings. The lowest BCUT2D eigenvalue weighted by Crippen LogP contribution is -3.05. The van der Waals surface area contributed by atoms with Crippen LogP contribution < -0.4 is 5.32 Å². The second-order valence-electron chi connectivity index (χ2n) is 6.65. The average Bonchev–Trinajstić information content (AvgIpc) is 2.30. The van der Waals surface area contributed by atoms with Gasteiger partial charge < -0.3 is 15.4 Å². The van der Waals surface area contributed by atoms with Gasteiger partial charge in [-0.25, -0.2) is 0 Å². The summed E-state index contributed by atoms with van der Waals surface area (Å²) in [4.78, 5) is 8.00. The minimum atomic E-state index is 0.574. The smallest absolute Gasteiger partial charge is 0.0936 e. The third-order valence-electron chi connectivity index (χ3n) is 4.69. The molecule has 2 rings (SSSR count). The molecular formula is C14H28N2O2. The average molecular weight is 256 g/mol. The third kappa shape index (κ3) is 4.92. The fourth-order valence-electron chi connectivity index (χ4n) is 3.85. The van der Waals surface area contributed by atoms with Gasteiger partial charge in [-0.3, -0.25) is 0 Å². The lowest BCUT2D eigenvalue weighted by molar-refractivity contribution is -0.789. The molecule has 2 N–H and O–H groups in total. The molecule has 0 heterocycles. The van der Waals surface area contributed by atoms with Crippen molar-refractivity contribution in [2.45, 2.75) is 89.1 Å². The fraction of sp³-hybridized carbons (Fsp3) is 1.00. The Kier molecular flexibility index (Phi) is 6.06. The van der Waals surface area contributed by atoms with E-state index < -0.39 is 0 Å². The molecule has 0 aromatic rings. The van der Waals surface area contributed by atoms with Gasteiger partial charge in [-0.05, 0) is 39.5 Å². The van der Waals surface area contributed by atoms with Crippen LogP contribution in [-0.4, -0.2) is 11.1 Å². The summed E-state index contributed by atoms with van der Waals surface area (Å²) >= 11 is 0. The molecule has 106 valence electrons. The first-order valence-electron chi connectivity index (χ1n) is 7.36. The van der Waals surface area contributed by atoms with E-state index in [2.05, 4.69) is 19.2 Å². The van der Waals surface area contributed by atoms with Crippen LogP contribution in [0.5, 0.6) is 0 Å². The SMILES string of the molecule is CC1([NH2+]C2(C)CCCCC2)CCCCC1.O=N[O-]. The molecule has 0 aromatic heterocycles. The number of nitrogens with two attached hydrogens (primary N) is 1. The van der Waals surface area contributed by atoms with Crippen molar-refractivity contribution in [3.8, 4) is 0 Å². The molecule has 0 spiro atoms. The Balaban J connectivity index is 0.000000492. The third-order valence-corrected chi connectivity index (χ3v) is 4.69. The van der Waals surface area contributed by atoms with Crippen molar-refractivity contribution in [3.05, 3.63) is 10.1 Å². The normalized spacial score (nSPS) is 25.7. The minimum Gasteiger partial charge on any atom is -0.444 e. The zero-order valence-electron chi connectivity index (χ0n) is 11.9. The lowest BCUT2D eigenvalue weighted by Gasteiger charge is -2.42. The molecule has 4 nitrogen and oxygen atoms in total. The Morgan fingerprint density at radius 1 is 0.833 bits per heavy atom. The predicted octanol–water partition coefficient (Wildman–Crippen LogP) is 3.25. The molecule has 2 aliphatic rings. The van der Waals surface area contributed by atoms with Crippen LogP contribution >= 0.6 is 0 Å². The van der Waals surface area contributed by atoms with Crippen LogP contribution in [0.1, 0.15) is 78.1 Å². The standard InChI is InChI=1S/C14H27N.HNO2/c1-13(9-5-3-6-10-13)15-14(2)11-7-4-8-12-14;2-1-3/h15H,3-12H2,1-2H3;(H,2,3). The highest BCUT2D eigenvalue weighted by molar-refractivity contribution is 4.82. The summed E-state index contributed by atoms with van der Waals surface area (Å²) in [6.07, 6.45) is 14.6. The Labute approximate surface area is 110 Å². The summed E-state index contributed by atoms with van der Waals surface area (Å²) in [6.45, 7) is 5.01.